The van der Waals surface area contributed by atoms with Gasteiger partial charge in [-0.1, -0.05) is 6.08 Å². The molecule has 0 aromatic carbocycles. The monoisotopic (exact) mass is 280 g/mol. The number of likely N-dealkylation sites (tertiary alicyclic amines) is 1. The molecule has 0 atom stereocenters. The number of aryl methyl sites for hydroxylation is 1. The van der Waals surface area contributed by atoms with Crippen LogP contribution in [0, 0.1) is 0 Å². The molecule has 104 valence electrons. The molecule has 0 aliphatic carbocycles. The molecule has 1 saturated heterocycles. The van der Waals surface area contributed by atoms with E-state index < -0.39 is 0 Å². The van der Waals surface area contributed by atoms with Crippen molar-refractivity contribution in [1.82, 2.24) is 9.88 Å². The predicted molar refractivity (Wildman–Crippen MR) is 76.2 cm³/mol. The van der Waals surface area contributed by atoms with Crippen molar-refractivity contribution in [2.45, 2.75) is 31.8 Å². The Bertz CT molecular complexity index is 398. The zero-order chi connectivity index (χ0) is 13.5. The highest BCUT2D eigenvalue weighted by Crippen LogP contribution is 2.15. The maximum absolute atomic E-state index is 12.1. The number of carbonyl (C=O) groups excluding carboxylic acids is 1. The lowest BCUT2D eigenvalue weighted by atomic mass is 10.1. The topological polar surface area (TPSA) is 42.4 Å². The van der Waals surface area contributed by atoms with Gasteiger partial charge in [-0.2, -0.15) is 0 Å². The van der Waals surface area contributed by atoms with Gasteiger partial charge in [0, 0.05) is 37.5 Å². The minimum atomic E-state index is 0.234. The summed E-state index contributed by atoms with van der Waals surface area (Å²) in [6.45, 7) is 5.85. The summed E-state index contributed by atoms with van der Waals surface area (Å²) in [7, 11) is 0. The molecular formula is C14H20N2O2S. The molecule has 1 amide bonds. The summed E-state index contributed by atoms with van der Waals surface area (Å²) in [4.78, 5) is 18.2. The summed E-state index contributed by atoms with van der Waals surface area (Å²) in [5, 5.41) is 2.99. The van der Waals surface area contributed by atoms with Crippen molar-refractivity contribution in [2.24, 2.45) is 0 Å². The largest absolute Gasteiger partial charge is 0.374 e. The van der Waals surface area contributed by atoms with Gasteiger partial charge in [-0.05, 0) is 12.8 Å². The Morgan fingerprint density at radius 1 is 1.58 bits per heavy atom. The molecule has 4 nitrogen and oxygen atoms in total. The molecule has 5 heteroatoms. The summed E-state index contributed by atoms with van der Waals surface area (Å²) in [5.41, 5.74) is 0. The molecule has 0 saturated carbocycles. The summed E-state index contributed by atoms with van der Waals surface area (Å²) < 4.78 is 5.61. The van der Waals surface area contributed by atoms with Gasteiger partial charge in [-0.3, -0.25) is 4.79 Å². The van der Waals surface area contributed by atoms with Crippen LogP contribution in [-0.4, -0.2) is 41.6 Å². The first-order valence-electron chi connectivity index (χ1n) is 6.68. The number of thiazole rings is 1. The highest BCUT2D eigenvalue weighted by atomic mass is 32.1. The molecule has 0 N–H and O–H groups in total. The van der Waals surface area contributed by atoms with Crippen molar-refractivity contribution in [2.75, 3.05) is 19.7 Å². The van der Waals surface area contributed by atoms with Crippen LogP contribution in [0.3, 0.4) is 0 Å². The maximum atomic E-state index is 12.1. The van der Waals surface area contributed by atoms with E-state index >= 15 is 0 Å². The highest BCUT2D eigenvalue weighted by molar-refractivity contribution is 7.09. The smallest absolute Gasteiger partial charge is 0.222 e. The van der Waals surface area contributed by atoms with Gasteiger partial charge in [-0.25, -0.2) is 4.98 Å². The number of nitrogens with zero attached hydrogens (tertiary/aromatic N) is 2. The predicted octanol–water partition coefficient (Wildman–Crippen LogP) is 2.27. The van der Waals surface area contributed by atoms with Crippen LogP contribution in [0.2, 0.25) is 0 Å². The number of hydrogen-bond donors (Lipinski definition) is 0. The van der Waals surface area contributed by atoms with E-state index in [-0.39, 0.29) is 12.0 Å². The van der Waals surface area contributed by atoms with E-state index in [1.54, 1.807) is 23.6 Å². The van der Waals surface area contributed by atoms with Crippen LogP contribution in [0.25, 0.3) is 0 Å². The Labute approximate surface area is 118 Å². The van der Waals surface area contributed by atoms with E-state index in [0.29, 0.717) is 13.0 Å². The van der Waals surface area contributed by atoms with Crippen LogP contribution >= 0.6 is 11.3 Å². The minimum absolute atomic E-state index is 0.234. The number of carbonyl (C=O) groups is 1. The van der Waals surface area contributed by atoms with Crippen molar-refractivity contribution < 1.29 is 9.53 Å². The SMILES string of the molecule is C=CCOC1CCN(C(=O)CCc2nccs2)CC1. The molecule has 0 bridgehead atoms. The van der Waals surface area contributed by atoms with E-state index in [1.807, 2.05) is 10.3 Å². The van der Waals surface area contributed by atoms with Gasteiger partial charge in [0.05, 0.1) is 17.7 Å². The Kier molecular flexibility index (Phi) is 5.54. The van der Waals surface area contributed by atoms with Crippen molar-refractivity contribution in [1.29, 1.82) is 0 Å². The second kappa shape index (κ2) is 7.40. The number of aromatic nitrogens is 1. The average Bonchev–Trinajstić information content (AvgIpc) is 2.96. The molecule has 1 fully saturated rings. The number of piperidine rings is 1. The second-order valence-corrected chi connectivity index (χ2v) is 5.61. The van der Waals surface area contributed by atoms with Gasteiger partial charge < -0.3 is 9.64 Å². The normalized spacial score (nSPS) is 16.5. The van der Waals surface area contributed by atoms with Crippen LogP contribution in [-0.2, 0) is 16.0 Å². The van der Waals surface area contributed by atoms with Crippen LogP contribution in [0.5, 0.6) is 0 Å². The third-order valence-electron chi connectivity index (χ3n) is 3.28. The molecule has 2 rings (SSSR count). The summed E-state index contributed by atoms with van der Waals surface area (Å²) in [6.07, 6.45) is 7.00. The Balaban J connectivity index is 1.68. The Morgan fingerprint density at radius 2 is 2.37 bits per heavy atom. The molecule has 1 aromatic heterocycles. The number of rotatable bonds is 6. The Morgan fingerprint density at radius 3 is 3.00 bits per heavy atom. The maximum Gasteiger partial charge on any atom is 0.222 e. The van der Waals surface area contributed by atoms with Crippen molar-refractivity contribution in [3.63, 3.8) is 0 Å². The van der Waals surface area contributed by atoms with Crippen molar-refractivity contribution in [3.05, 3.63) is 29.2 Å². The molecule has 2 heterocycles. The fraction of sp³-hybridized carbons (Fsp3) is 0.571. The van der Waals surface area contributed by atoms with Gasteiger partial charge >= 0.3 is 0 Å². The van der Waals surface area contributed by atoms with Crippen LogP contribution in [0.4, 0.5) is 0 Å². The van der Waals surface area contributed by atoms with E-state index in [4.69, 9.17) is 4.74 Å². The molecule has 1 aliphatic rings. The molecule has 0 unspecified atom stereocenters. The third kappa shape index (κ3) is 4.44. The van der Waals surface area contributed by atoms with E-state index in [9.17, 15) is 4.79 Å². The Hall–Kier alpha value is -1.20. The summed E-state index contributed by atoms with van der Waals surface area (Å²) in [6, 6.07) is 0. The van der Waals surface area contributed by atoms with Crippen LogP contribution in [0.15, 0.2) is 24.2 Å². The quantitative estimate of drug-likeness (QED) is 0.751. The van der Waals surface area contributed by atoms with E-state index in [1.165, 1.54) is 0 Å². The summed E-state index contributed by atoms with van der Waals surface area (Å²) in [5.74, 6) is 0.234. The van der Waals surface area contributed by atoms with E-state index in [0.717, 1.165) is 37.4 Å². The molecule has 0 radical (unpaired) electrons. The van der Waals surface area contributed by atoms with Gasteiger partial charge in [0.25, 0.3) is 0 Å². The minimum Gasteiger partial charge on any atom is -0.374 e. The van der Waals surface area contributed by atoms with Crippen LogP contribution < -0.4 is 0 Å². The average molecular weight is 280 g/mol. The van der Waals surface area contributed by atoms with Gasteiger partial charge in [0.15, 0.2) is 0 Å². The van der Waals surface area contributed by atoms with Gasteiger partial charge in [0.1, 0.15) is 0 Å². The lowest BCUT2D eigenvalue weighted by Crippen LogP contribution is -2.41. The standard InChI is InChI=1S/C14H20N2O2S/c1-2-10-18-12-5-8-16(9-6-12)14(17)4-3-13-15-7-11-19-13/h2,7,11-12H,1,3-6,8-10H2. The van der Waals surface area contributed by atoms with Crippen LogP contribution in [0.1, 0.15) is 24.3 Å². The molecule has 1 aromatic rings. The third-order valence-corrected chi connectivity index (χ3v) is 4.12. The zero-order valence-electron chi connectivity index (χ0n) is 11.1. The first-order chi connectivity index (χ1) is 9.29. The first-order valence-corrected chi connectivity index (χ1v) is 7.56. The number of ether oxygens (including phenoxy) is 1. The highest BCUT2D eigenvalue weighted by Gasteiger charge is 2.22. The number of hydrogen-bond acceptors (Lipinski definition) is 4. The second-order valence-electron chi connectivity index (χ2n) is 4.63. The van der Waals surface area contributed by atoms with Crippen molar-refractivity contribution in [3.8, 4) is 0 Å². The number of amides is 1. The molecule has 1 aliphatic heterocycles. The lowest BCUT2D eigenvalue weighted by Gasteiger charge is -2.31. The fourth-order valence-electron chi connectivity index (χ4n) is 2.22. The van der Waals surface area contributed by atoms with Gasteiger partial charge in [0.2, 0.25) is 5.91 Å². The molecular weight excluding hydrogens is 260 g/mol. The zero-order valence-corrected chi connectivity index (χ0v) is 11.9. The van der Waals surface area contributed by atoms with E-state index in [2.05, 4.69) is 11.6 Å². The fourth-order valence-corrected chi connectivity index (χ4v) is 2.84. The molecule has 0 spiro atoms. The van der Waals surface area contributed by atoms with Gasteiger partial charge in [-0.15, -0.1) is 17.9 Å². The van der Waals surface area contributed by atoms with Crippen molar-refractivity contribution >= 4 is 17.2 Å². The molecule has 19 heavy (non-hydrogen) atoms. The summed E-state index contributed by atoms with van der Waals surface area (Å²) >= 11 is 1.61. The first kappa shape index (κ1) is 14.2. The lowest BCUT2D eigenvalue weighted by molar-refractivity contribution is -0.133.